The monoisotopic (exact) mass is 379 g/mol. The highest BCUT2D eigenvalue weighted by Gasteiger charge is 2.33. The first-order valence-electron chi connectivity index (χ1n) is 9.33. The van der Waals surface area contributed by atoms with Crippen LogP contribution in [0.3, 0.4) is 0 Å². The van der Waals surface area contributed by atoms with Crippen LogP contribution in [0.1, 0.15) is 29.7 Å². The summed E-state index contributed by atoms with van der Waals surface area (Å²) in [5, 5.41) is 8.89. The first kappa shape index (κ1) is 19.5. The third-order valence-corrected chi connectivity index (χ3v) is 4.76. The summed E-state index contributed by atoms with van der Waals surface area (Å²) >= 11 is 0. The van der Waals surface area contributed by atoms with E-state index in [4.69, 9.17) is 4.74 Å². The molecule has 6 heteroatoms. The molecular weight excluding hydrogens is 354 g/mol. The molecular formula is C22H25N3O3. The van der Waals surface area contributed by atoms with Crippen LogP contribution in [0, 0.1) is 13.8 Å². The Morgan fingerprint density at radius 1 is 1.11 bits per heavy atom. The fourth-order valence-electron chi connectivity index (χ4n) is 3.14. The number of carbonyl (C=O) groups is 2. The lowest BCUT2D eigenvalue weighted by Gasteiger charge is -2.29. The molecule has 0 bridgehead atoms. The molecule has 1 heterocycles. The number of anilines is 1. The van der Waals surface area contributed by atoms with Crippen molar-refractivity contribution >= 4 is 17.7 Å². The predicted molar refractivity (Wildman–Crippen MR) is 109 cm³/mol. The van der Waals surface area contributed by atoms with Crippen LogP contribution in [-0.2, 0) is 9.53 Å². The summed E-state index contributed by atoms with van der Waals surface area (Å²) in [6, 6.07) is 14.5. The second-order valence-electron chi connectivity index (χ2n) is 6.71. The second kappa shape index (κ2) is 8.61. The van der Waals surface area contributed by atoms with Gasteiger partial charge in [0.25, 0.3) is 0 Å². The number of nitrogens with one attached hydrogen (secondary N) is 3. The van der Waals surface area contributed by atoms with Gasteiger partial charge >= 0.3 is 12.0 Å². The van der Waals surface area contributed by atoms with Crippen molar-refractivity contribution in [1.29, 1.82) is 0 Å². The van der Waals surface area contributed by atoms with Crippen molar-refractivity contribution in [3.05, 3.63) is 76.5 Å². The molecule has 0 spiro atoms. The van der Waals surface area contributed by atoms with E-state index in [2.05, 4.69) is 22.9 Å². The average Bonchev–Trinajstić information content (AvgIpc) is 2.69. The van der Waals surface area contributed by atoms with Crippen LogP contribution in [0.2, 0.25) is 0 Å². The Hall–Kier alpha value is -3.28. The minimum Gasteiger partial charge on any atom is -0.463 e. The number of rotatable bonds is 6. The number of carbonyl (C=O) groups excluding carboxylic acids is 2. The van der Waals surface area contributed by atoms with Crippen molar-refractivity contribution < 1.29 is 14.3 Å². The summed E-state index contributed by atoms with van der Waals surface area (Å²) in [7, 11) is 0. The Morgan fingerprint density at radius 2 is 1.86 bits per heavy atom. The van der Waals surface area contributed by atoms with Gasteiger partial charge in [-0.25, -0.2) is 9.59 Å². The van der Waals surface area contributed by atoms with Gasteiger partial charge in [0.05, 0.1) is 30.5 Å². The van der Waals surface area contributed by atoms with Gasteiger partial charge in [-0.15, -0.1) is 0 Å². The highest BCUT2D eigenvalue weighted by molar-refractivity contribution is 5.95. The molecule has 0 aromatic heterocycles. The lowest BCUT2D eigenvalue weighted by Crippen LogP contribution is -2.47. The van der Waals surface area contributed by atoms with Crippen molar-refractivity contribution in [2.75, 3.05) is 18.5 Å². The standard InChI is InChI=1S/C22H25N3O3/c1-4-28-21(26)19-18(13-23-17-11-10-14(2)15(3)12-17)24-22(27)25-20(19)16-8-6-5-7-9-16/h5-12,20,23H,4,13H2,1-3H3,(H2,24,25,27)/t20-/m1/s1. The Kier molecular flexibility index (Phi) is 5.99. The number of ether oxygens (including phenoxy) is 1. The van der Waals surface area contributed by atoms with Gasteiger partial charge < -0.3 is 20.7 Å². The quantitative estimate of drug-likeness (QED) is 0.670. The lowest BCUT2D eigenvalue weighted by atomic mass is 9.95. The molecule has 6 nitrogen and oxygen atoms in total. The van der Waals surface area contributed by atoms with Crippen LogP contribution in [0.25, 0.3) is 0 Å². The fourth-order valence-corrected chi connectivity index (χ4v) is 3.14. The molecule has 0 saturated carbocycles. The number of amides is 2. The molecule has 2 aromatic rings. The van der Waals surface area contributed by atoms with Gasteiger partial charge in [-0.2, -0.15) is 0 Å². The number of esters is 1. The molecule has 0 saturated heterocycles. The predicted octanol–water partition coefficient (Wildman–Crippen LogP) is 3.59. The van der Waals surface area contributed by atoms with Gasteiger partial charge in [-0.3, -0.25) is 0 Å². The highest BCUT2D eigenvalue weighted by Crippen LogP contribution is 2.28. The first-order valence-corrected chi connectivity index (χ1v) is 9.33. The van der Waals surface area contributed by atoms with Gasteiger partial charge in [-0.05, 0) is 49.6 Å². The SMILES string of the molecule is CCOC(=O)C1=C(CNc2ccc(C)c(C)c2)NC(=O)N[C@@H]1c1ccccc1. The molecule has 1 atom stereocenters. The number of hydrogen-bond donors (Lipinski definition) is 3. The van der Waals surface area contributed by atoms with Crippen LogP contribution in [-0.4, -0.2) is 25.2 Å². The number of benzene rings is 2. The van der Waals surface area contributed by atoms with E-state index >= 15 is 0 Å². The van der Waals surface area contributed by atoms with E-state index in [1.54, 1.807) is 6.92 Å². The third kappa shape index (κ3) is 4.34. The largest absolute Gasteiger partial charge is 0.463 e. The van der Waals surface area contributed by atoms with Crippen molar-refractivity contribution in [3.8, 4) is 0 Å². The van der Waals surface area contributed by atoms with E-state index in [1.807, 2.05) is 55.5 Å². The van der Waals surface area contributed by atoms with Crippen LogP contribution < -0.4 is 16.0 Å². The van der Waals surface area contributed by atoms with E-state index in [0.717, 1.165) is 11.3 Å². The maximum atomic E-state index is 12.7. The third-order valence-electron chi connectivity index (χ3n) is 4.76. The molecule has 3 N–H and O–H groups in total. The summed E-state index contributed by atoms with van der Waals surface area (Å²) < 4.78 is 5.27. The fraction of sp³-hybridized carbons (Fsp3) is 0.273. The second-order valence-corrected chi connectivity index (χ2v) is 6.71. The smallest absolute Gasteiger partial charge is 0.338 e. The lowest BCUT2D eigenvalue weighted by molar-refractivity contribution is -0.139. The maximum absolute atomic E-state index is 12.7. The molecule has 2 aromatic carbocycles. The van der Waals surface area contributed by atoms with E-state index < -0.39 is 12.0 Å². The molecule has 0 radical (unpaired) electrons. The van der Waals surface area contributed by atoms with Crippen molar-refractivity contribution in [2.45, 2.75) is 26.8 Å². The minimum atomic E-state index is -0.564. The molecule has 0 fully saturated rings. The Morgan fingerprint density at radius 3 is 2.54 bits per heavy atom. The van der Waals surface area contributed by atoms with E-state index in [1.165, 1.54) is 11.1 Å². The van der Waals surface area contributed by atoms with Crippen LogP contribution in [0.15, 0.2) is 59.8 Å². The zero-order valence-corrected chi connectivity index (χ0v) is 16.3. The zero-order chi connectivity index (χ0) is 20.1. The van der Waals surface area contributed by atoms with Gasteiger partial charge in [-0.1, -0.05) is 36.4 Å². The Labute approximate surface area is 165 Å². The number of hydrogen-bond acceptors (Lipinski definition) is 4. The molecule has 3 rings (SSSR count). The average molecular weight is 379 g/mol. The molecule has 1 aliphatic heterocycles. The van der Waals surface area contributed by atoms with Crippen LogP contribution in [0.5, 0.6) is 0 Å². The molecule has 0 unspecified atom stereocenters. The van der Waals surface area contributed by atoms with Crippen molar-refractivity contribution in [2.24, 2.45) is 0 Å². The highest BCUT2D eigenvalue weighted by atomic mass is 16.5. The summed E-state index contributed by atoms with van der Waals surface area (Å²) in [6.07, 6.45) is 0. The van der Waals surface area contributed by atoms with E-state index in [9.17, 15) is 9.59 Å². The van der Waals surface area contributed by atoms with Gasteiger partial charge in [0.2, 0.25) is 0 Å². The summed E-state index contributed by atoms with van der Waals surface area (Å²) in [5.74, 6) is -0.444. The van der Waals surface area contributed by atoms with Crippen molar-refractivity contribution in [3.63, 3.8) is 0 Å². The molecule has 0 aliphatic carbocycles. The summed E-state index contributed by atoms with van der Waals surface area (Å²) in [4.78, 5) is 25.0. The normalized spacial score (nSPS) is 16.2. The minimum absolute atomic E-state index is 0.260. The van der Waals surface area contributed by atoms with E-state index in [-0.39, 0.29) is 12.6 Å². The molecule has 2 amide bonds. The van der Waals surface area contributed by atoms with Crippen molar-refractivity contribution in [1.82, 2.24) is 10.6 Å². The van der Waals surface area contributed by atoms with Crippen LogP contribution in [0.4, 0.5) is 10.5 Å². The summed E-state index contributed by atoms with van der Waals surface area (Å²) in [5.41, 5.74) is 5.03. The molecule has 28 heavy (non-hydrogen) atoms. The van der Waals surface area contributed by atoms with Gasteiger partial charge in [0, 0.05) is 5.69 Å². The maximum Gasteiger partial charge on any atom is 0.338 e. The Bertz CT molecular complexity index is 906. The molecule has 1 aliphatic rings. The van der Waals surface area contributed by atoms with E-state index in [0.29, 0.717) is 17.8 Å². The molecule has 146 valence electrons. The topological polar surface area (TPSA) is 79.5 Å². The summed E-state index contributed by atoms with van der Waals surface area (Å²) in [6.45, 7) is 6.42. The van der Waals surface area contributed by atoms with Gasteiger partial charge in [0.1, 0.15) is 0 Å². The number of urea groups is 1. The number of aryl methyl sites for hydroxylation is 2. The van der Waals surface area contributed by atoms with Crippen LogP contribution >= 0.6 is 0 Å². The zero-order valence-electron chi connectivity index (χ0n) is 16.3. The van der Waals surface area contributed by atoms with Gasteiger partial charge in [0.15, 0.2) is 0 Å². The first-order chi connectivity index (χ1) is 13.5. The Balaban J connectivity index is 1.94.